The van der Waals surface area contributed by atoms with Crippen LogP contribution in [0.25, 0.3) is 0 Å². The summed E-state index contributed by atoms with van der Waals surface area (Å²) in [5, 5.41) is 0. The van der Waals surface area contributed by atoms with Crippen LogP contribution in [0.2, 0.25) is 0 Å². The van der Waals surface area contributed by atoms with Crippen molar-refractivity contribution in [3.8, 4) is 0 Å². The maximum absolute atomic E-state index is 11.5. The molecule has 0 spiro atoms. The number of nitrogens with zero attached hydrogens (tertiary/aromatic N) is 2. The highest BCUT2D eigenvalue weighted by molar-refractivity contribution is 5.86. The molecule has 0 bridgehead atoms. The van der Waals surface area contributed by atoms with E-state index in [1.54, 1.807) is 19.4 Å². The molecule has 0 fully saturated rings. The molecule has 98 valence electrons. The van der Waals surface area contributed by atoms with Gasteiger partial charge in [0.05, 0.1) is 12.9 Å². The van der Waals surface area contributed by atoms with E-state index in [1.807, 2.05) is 4.57 Å². The number of ether oxygens (including phenoxy) is 1. The molecule has 0 aliphatic heterocycles. The first-order chi connectivity index (χ1) is 8.79. The highest BCUT2D eigenvalue weighted by atomic mass is 16.5. The van der Waals surface area contributed by atoms with E-state index >= 15 is 0 Å². The van der Waals surface area contributed by atoms with Crippen molar-refractivity contribution in [1.29, 1.82) is 0 Å². The monoisotopic (exact) mass is 248 g/mol. The number of hydrogen-bond acceptors (Lipinski definition) is 3. The Morgan fingerprint density at radius 3 is 3.11 bits per heavy atom. The minimum Gasteiger partial charge on any atom is -0.461 e. The van der Waals surface area contributed by atoms with Crippen LogP contribution < -0.4 is 0 Å². The number of rotatable bonds is 5. The summed E-state index contributed by atoms with van der Waals surface area (Å²) in [5.74, 6) is -0.340. The zero-order valence-corrected chi connectivity index (χ0v) is 10.9. The Bertz CT molecular complexity index is 435. The molecule has 1 aliphatic carbocycles. The second-order valence-electron chi connectivity index (χ2n) is 4.58. The van der Waals surface area contributed by atoms with E-state index in [1.165, 1.54) is 31.3 Å². The molecule has 0 N–H and O–H groups in total. The van der Waals surface area contributed by atoms with Gasteiger partial charge in [0.2, 0.25) is 0 Å². The average Bonchev–Trinajstić information content (AvgIpc) is 2.87. The van der Waals surface area contributed by atoms with Crippen molar-refractivity contribution in [2.75, 3.05) is 6.61 Å². The van der Waals surface area contributed by atoms with Crippen LogP contribution in [0.3, 0.4) is 0 Å². The number of aryl methyl sites for hydroxylation is 1. The van der Waals surface area contributed by atoms with Gasteiger partial charge in [0, 0.05) is 12.7 Å². The zero-order valence-electron chi connectivity index (χ0n) is 10.9. The normalized spacial score (nSPS) is 15.3. The van der Waals surface area contributed by atoms with E-state index in [0.29, 0.717) is 12.3 Å². The molecule has 18 heavy (non-hydrogen) atoms. The van der Waals surface area contributed by atoms with Gasteiger partial charge in [-0.05, 0) is 39.0 Å². The molecule has 1 aromatic rings. The van der Waals surface area contributed by atoms with Gasteiger partial charge in [-0.3, -0.25) is 0 Å². The van der Waals surface area contributed by atoms with E-state index in [0.717, 1.165) is 13.0 Å². The second kappa shape index (κ2) is 6.38. The van der Waals surface area contributed by atoms with Crippen LogP contribution in [0.4, 0.5) is 0 Å². The molecule has 0 radical (unpaired) electrons. The van der Waals surface area contributed by atoms with Crippen molar-refractivity contribution in [3.05, 3.63) is 29.9 Å². The zero-order chi connectivity index (χ0) is 12.8. The van der Waals surface area contributed by atoms with Crippen LogP contribution in [-0.4, -0.2) is 22.1 Å². The van der Waals surface area contributed by atoms with E-state index < -0.39 is 0 Å². The lowest BCUT2D eigenvalue weighted by Crippen LogP contribution is -2.05. The highest BCUT2D eigenvalue weighted by Crippen LogP contribution is 2.20. The third kappa shape index (κ3) is 3.45. The predicted molar refractivity (Wildman–Crippen MR) is 69.4 cm³/mol. The largest absolute Gasteiger partial charge is 0.461 e. The Hall–Kier alpha value is -1.58. The van der Waals surface area contributed by atoms with Gasteiger partial charge in [-0.2, -0.15) is 0 Å². The van der Waals surface area contributed by atoms with Crippen molar-refractivity contribution in [2.24, 2.45) is 0 Å². The maximum Gasteiger partial charge on any atom is 0.358 e. The number of imidazole rings is 1. The molecule has 4 nitrogen and oxygen atoms in total. The van der Waals surface area contributed by atoms with Crippen LogP contribution in [0.15, 0.2) is 24.2 Å². The highest BCUT2D eigenvalue weighted by Gasteiger charge is 2.10. The SMILES string of the molecule is CCOC(=O)c1cn(CCC2=CCCCC2)cn1. The minimum absolute atomic E-state index is 0.340. The van der Waals surface area contributed by atoms with Crippen molar-refractivity contribution >= 4 is 5.97 Å². The third-order valence-electron chi connectivity index (χ3n) is 3.19. The molecule has 1 aromatic heterocycles. The average molecular weight is 248 g/mol. The Morgan fingerprint density at radius 1 is 1.50 bits per heavy atom. The first-order valence-corrected chi connectivity index (χ1v) is 6.66. The fourth-order valence-electron chi connectivity index (χ4n) is 2.20. The molecule has 1 aliphatic rings. The van der Waals surface area contributed by atoms with Gasteiger partial charge in [0.1, 0.15) is 0 Å². The summed E-state index contributed by atoms with van der Waals surface area (Å²) in [7, 11) is 0. The fourth-order valence-corrected chi connectivity index (χ4v) is 2.20. The molecule has 2 rings (SSSR count). The van der Waals surface area contributed by atoms with Gasteiger partial charge in [-0.25, -0.2) is 9.78 Å². The molecule has 0 amide bonds. The summed E-state index contributed by atoms with van der Waals surface area (Å²) < 4.78 is 6.87. The van der Waals surface area contributed by atoms with Crippen LogP contribution in [-0.2, 0) is 11.3 Å². The summed E-state index contributed by atoms with van der Waals surface area (Å²) in [6.45, 7) is 3.07. The van der Waals surface area contributed by atoms with E-state index in [4.69, 9.17) is 4.74 Å². The minimum atomic E-state index is -0.340. The predicted octanol–water partition coefficient (Wildman–Crippen LogP) is 2.95. The molecule has 0 aromatic carbocycles. The molecule has 0 unspecified atom stereocenters. The number of aromatic nitrogens is 2. The van der Waals surface area contributed by atoms with E-state index in [-0.39, 0.29) is 5.97 Å². The molecular formula is C14H20N2O2. The topological polar surface area (TPSA) is 44.1 Å². The van der Waals surface area contributed by atoms with Crippen LogP contribution in [0.1, 0.15) is 49.5 Å². The molecule has 4 heteroatoms. The van der Waals surface area contributed by atoms with Gasteiger partial charge in [-0.15, -0.1) is 0 Å². The molecule has 1 heterocycles. The van der Waals surface area contributed by atoms with Crippen molar-refractivity contribution in [2.45, 2.75) is 45.6 Å². The number of carbonyl (C=O) groups excluding carboxylic acids is 1. The summed E-state index contributed by atoms with van der Waals surface area (Å²) in [4.78, 5) is 15.5. The van der Waals surface area contributed by atoms with Gasteiger partial charge < -0.3 is 9.30 Å². The first-order valence-electron chi connectivity index (χ1n) is 6.66. The summed E-state index contributed by atoms with van der Waals surface area (Å²) in [5.41, 5.74) is 1.93. The van der Waals surface area contributed by atoms with Gasteiger partial charge >= 0.3 is 5.97 Å². The van der Waals surface area contributed by atoms with Crippen molar-refractivity contribution in [3.63, 3.8) is 0 Å². The van der Waals surface area contributed by atoms with Crippen LogP contribution >= 0.6 is 0 Å². The summed E-state index contributed by atoms with van der Waals surface area (Å²) in [6, 6.07) is 0. The lowest BCUT2D eigenvalue weighted by Gasteiger charge is -2.12. The van der Waals surface area contributed by atoms with Crippen molar-refractivity contribution in [1.82, 2.24) is 9.55 Å². The van der Waals surface area contributed by atoms with Crippen molar-refractivity contribution < 1.29 is 9.53 Å². The number of hydrogen-bond donors (Lipinski definition) is 0. The second-order valence-corrected chi connectivity index (χ2v) is 4.58. The van der Waals surface area contributed by atoms with Crippen LogP contribution in [0.5, 0.6) is 0 Å². The standard InChI is InChI=1S/C14H20N2O2/c1-2-18-14(17)13-10-16(11-15-13)9-8-12-6-4-3-5-7-12/h6,10-11H,2-5,7-9H2,1H3. The molecule has 0 saturated carbocycles. The lowest BCUT2D eigenvalue weighted by molar-refractivity contribution is 0.0520. The Balaban J connectivity index is 1.86. The fraction of sp³-hybridized carbons (Fsp3) is 0.571. The van der Waals surface area contributed by atoms with Gasteiger partial charge in [-0.1, -0.05) is 11.6 Å². The maximum atomic E-state index is 11.5. The Labute approximate surface area is 108 Å². The quantitative estimate of drug-likeness (QED) is 0.594. The summed E-state index contributed by atoms with van der Waals surface area (Å²) >= 11 is 0. The molecular weight excluding hydrogens is 228 g/mol. The van der Waals surface area contributed by atoms with Gasteiger partial charge in [0.25, 0.3) is 0 Å². The van der Waals surface area contributed by atoms with Crippen LogP contribution in [0, 0.1) is 0 Å². The van der Waals surface area contributed by atoms with Gasteiger partial charge in [0.15, 0.2) is 5.69 Å². The number of esters is 1. The smallest absolute Gasteiger partial charge is 0.358 e. The number of carbonyl (C=O) groups is 1. The lowest BCUT2D eigenvalue weighted by atomic mass is 9.97. The first kappa shape index (κ1) is 12.9. The Kier molecular flexibility index (Phi) is 4.56. The number of allylic oxidation sites excluding steroid dienone is 2. The Morgan fingerprint density at radius 2 is 2.39 bits per heavy atom. The van der Waals surface area contributed by atoms with E-state index in [9.17, 15) is 4.79 Å². The summed E-state index contributed by atoms with van der Waals surface area (Å²) in [6.07, 6.45) is 11.9. The molecule has 0 atom stereocenters. The molecule has 0 saturated heterocycles. The van der Waals surface area contributed by atoms with E-state index in [2.05, 4.69) is 11.1 Å². The third-order valence-corrected chi connectivity index (χ3v) is 3.19.